The number of nitrogens with zero attached hydrogens (tertiary/aromatic N) is 1. The van der Waals surface area contributed by atoms with Crippen LogP contribution in [0.5, 0.6) is 0 Å². The molecule has 0 unspecified atom stereocenters. The van der Waals surface area contributed by atoms with Gasteiger partial charge in [-0.15, -0.1) is 0 Å². The summed E-state index contributed by atoms with van der Waals surface area (Å²) in [5, 5.41) is 10.1. The number of hydrogen-bond donors (Lipinski definition) is 2. The van der Waals surface area contributed by atoms with E-state index in [1.807, 2.05) is 24.3 Å². The minimum Gasteiger partial charge on any atom is -0.423 e. The zero-order valence-corrected chi connectivity index (χ0v) is 11.0. The summed E-state index contributed by atoms with van der Waals surface area (Å²) in [7, 11) is 0. The maximum absolute atomic E-state index is 11.6. The Balaban J connectivity index is 2.22. The third-order valence-corrected chi connectivity index (χ3v) is 3.01. The van der Waals surface area contributed by atoms with E-state index in [1.165, 1.54) is 6.07 Å². The number of hydroxylamine groups is 1. The van der Waals surface area contributed by atoms with Crippen LogP contribution in [0.3, 0.4) is 0 Å². The summed E-state index contributed by atoms with van der Waals surface area (Å²) in [5.74, 6) is 0.185. The predicted molar refractivity (Wildman–Crippen MR) is 80.0 cm³/mol. The average molecular weight is 280 g/mol. The molecule has 0 spiro atoms. The molecule has 0 saturated carbocycles. The molecule has 3 aromatic rings. The first-order valence-corrected chi connectivity index (χ1v) is 6.35. The van der Waals surface area contributed by atoms with Crippen molar-refractivity contribution in [2.75, 3.05) is 0 Å². The molecule has 104 valence electrons. The van der Waals surface area contributed by atoms with Crippen LogP contribution in [0.1, 0.15) is 5.56 Å². The largest absolute Gasteiger partial charge is 0.423 e. The SMILES string of the molecule is O=c1cc(C(=Nc2ccccc2)NO)c2ccccc2o1. The van der Waals surface area contributed by atoms with Crippen molar-refractivity contribution in [2.45, 2.75) is 0 Å². The summed E-state index contributed by atoms with van der Waals surface area (Å²) in [6, 6.07) is 17.5. The molecule has 0 amide bonds. The van der Waals surface area contributed by atoms with E-state index in [-0.39, 0.29) is 5.84 Å². The lowest BCUT2D eigenvalue weighted by Gasteiger charge is -2.07. The van der Waals surface area contributed by atoms with Gasteiger partial charge in [-0.25, -0.2) is 9.79 Å². The van der Waals surface area contributed by atoms with E-state index in [0.717, 1.165) is 0 Å². The minimum atomic E-state index is -0.500. The second kappa shape index (κ2) is 5.60. The summed E-state index contributed by atoms with van der Waals surface area (Å²) < 4.78 is 5.13. The number of rotatable bonds is 2. The fourth-order valence-electron chi connectivity index (χ4n) is 2.08. The van der Waals surface area contributed by atoms with Gasteiger partial charge in [0.2, 0.25) is 0 Å². The second-order valence-electron chi connectivity index (χ2n) is 4.38. The molecule has 0 saturated heterocycles. The molecule has 0 bridgehead atoms. The lowest BCUT2D eigenvalue weighted by molar-refractivity contribution is 0.235. The molecular weight excluding hydrogens is 268 g/mol. The first-order valence-electron chi connectivity index (χ1n) is 6.35. The fourth-order valence-corrected chi connectivity index (χ4v) is 2.08. The van der Waals surface area contributed by atoms with Crippen molar-refractivity contribution in [3.05, 3.63) is 76.6 Å². The Morgan fingerprint density at radius 2 is 1.76 bits per heavy atom. The number of benzene rings is 2. The fraction of sp³-hybridized carbons (Fsp3) is 0. The average Bonchev–Trinajstić information content (AvgIpc) is 2.53. The molecule has 1 heterocycles. The van der Waals surface area contributed by atoms with Gasteiger partial charge in [0.25, 0.3) is 0 Å². The van der Waals surface area contributed by atoms with Gasteiger partial charge in [-0.1, -0.05) is 36.4 Å². The zero-order valence-electron chi connectivity index (χ0n) is 11.0. The van der Waals surface area contributed by atoms with Crippen LogP contribution in [0.15, 0.2) is 74.9 Å². The zero-order chi connectivity index (χ0) is 14.7. The molecule has 0 fully saturated rings. The van der Waals surface area contributed by atoms with Crippen LogP contribution in [-0.2, 0) is 0 Å². The van der Waals surface area contributed by atoms with Gasteiger partial charge < -0.3 is 4.42 Å². The molecule has 0 atom stereocenters. The molecule has 0 radical (unpaired) electrons. The lowest BCUT2D eigenvalue weighted by atomic mass is 10.1. The number of nitrogens with one attached hydrogen (secondary N) is 1. The van der Waals surface area contributed by atoms with Crippen molar-refractivity contribution < 1.29 is 9.62 Å². The van der Waals surface area contributed by atoms with Gasteiger partial charge in [-0.2, -0.15) is 0 Å². The van der Waals surface area contributed by atoms with Crippen molar-refractivity contribution >= 4 is 22.5 Å². The highest BCUT2D eigenvalue weighted by molar-refractivity contribution is 6.08. The predicted octanol–water partition coefficient (Wildman–Crippen LogP) is 2.85. The topological polar surface area (TPSA) is 74.8 Å². The quantitative estimate of drug-likeness (QED) is 0.327. The molecule has 21 heavy (non-hydrogen) atoms. The van der Waals surface area contributed by atoms with Crippen LogP contribution in [0, 0.1) is 0 Å². The van der Waals surface area contributed by atoms with Crippen molar-refractivity contribution in [3.63, 3.8) is 0 Å². The Morgan fingerprint density at radius 3 is 2.52 bits per heavy atom. The number of hydrogen-bond acceptors (Lipinski definition) is 4. The van der Waals surface area contributed by atoms with Gasteiger partial charge >= 0.3 is 5.63 Å². The van der Waals surface area contributed by atoms with E-state index in [9.17, 15) is 10.0 Å². The van der Waals surface area contributed by atoms with E-state index >= 15 is 0 Å². The van der Waals surface area contributed by atoms with Crippen molar-refractivity contribution in [1.29, 1.82) is 0 Å². The van der Waals surface area contributed by atoms with Crippen LogP contribution >= 0.6 is 0 Å². The summed E-state index contributed by atoms with van der Waals surface area (Å²) >= 11 is 0. The van der Waals surface area contributed by atoms with Crippen molar-refractivity contribution in [3.8, 4) is 0 Å². The van der Waals surface area contributed by atoms with Gasteiger partial charge in [-0.3, -0.25) is 10.7 Å². The van der Waals surface area contributed by atoms with Crippen LogP contribution in [0.4, 0.5) is 5.69 Å². The van der Waals surface area contributed by atoms with Gasteiger partial charge in [0, 0.05) is 17.0 Å². The van der Waals surface area contributed by atoms with Crippen molar-refractivity contribution in [2.24, 2.45) is 4.99 Å². The third-order valence-electron chi connectivity index (χ3n) is 3.01. The first kappa shape index (κ1) is 13.1. The summed E-state index contributed by atoms with van der Waals surface area (Å²) in [6.45, 7) is 0. The second-order valence-corrected chi connectivity index (χ2v) is 4.38. The highest BCUT2D eigenvalue weighted by Gasteiger charge is 2.10. The molecule has 0 aliphatic heterocycles. The van der Waals surface area contributed by atoms with Gasteiger partial charge in [0.05, 0.1) is 5.69 Å². The maximum atomic E-state index is 11.6. The van der Waals surface area contributed by atoms with Crippen LogP contribution in [0.25, 0.3) is 11.0 Å². The molecule has 2 aromatic carbocycles. The number of fused-ring (bicyclic) bond motifs is 1. The Hall–Kier alpha value is -2.92. The molecule has 5 heteroatoms. The van der Waals surface area contributed by atoms with E-state index < -0.39 is 5.63 Å². The molecule has 1 aromatic heterocycles. The van der Waals surface area contributed by atoms with E-state index in [1.54, 1.807) is 30.3 Å². The number of aliphatic imine (C=N–C) groups is 1. The molecular formula is C16H12N2O3. The molecule has 3 rings (SSSR count). The van der Waals surface area contributed by atoms with E-state index in [4.69, 9.17) is 4.42 Å². The summed E-state index contributed by atoms with van der Waals surface area (Å²) in [5.41, 5.74) is 3.13. The normalized spacial score (nSPS) is 11.6. The third kappa shape index (κ3) is 2.68. The lowest BCUT2D eigenvalue weighted by Crippen LogP contribution is -2.22. The highest BCUT2D eigenvalue weighted by Crippen LogP contribution is 2.19. The summed E-state index contributed by atoms with van der Waals surface area (Å²) in [6.07, 6.45) is 0. The van der Waals surface area contributed by atoms with E-state index in [0.29, 0.717) is 22.2 Å². The minimum absolute atomic E-state index is 0.185. The van der Waals surface area contributed by atoms with Crippen LogP contribution in [-0.4, -0.2) is 11.0 Å². The van der Waals surface area contributed by atoms with E-state index in [2.05, 4.69) is 10.5 Å². The summed E-state index contributed by atoms with van der Waals surface area (Å²) in [4.78, 5) is 16.0. The molecule has 5 nitrogen and oxygen atoms in total. The Morgan fingerprint density at radius 1 is 1.05 bits per heavy atom. The monoisotopic (exact) mass is 280 g/mol. The Kier molecular flexibility index (Phi) is 3.49. The van der Waals surface area contributed by atoms with Crippen LogP contribution in [0.2, 0.25) is 0 Å². The Bertz CT molecular complexity index is 854. The van der Waals surface area contributed by atoms with Crippen molar-refractivity contribution in [1.82, 2.24) is 5.48 Å². The van der Waals surface area contributed by atoms with Gasteiger partial charge in [0.15, 0.2) is 5.84 Å². The standard InChI is InChI=1S/C16H12N2O3/c19-15-10-13(12-8-4-5-9-14(12)21-15)16(18-20)17-11-6-2-1-3-7-11/h1-10,20H,(H,17,18). The molecule has 0 aliphatic carbocycles. The number of para-hydroxylation sites is 2. The smallest absolute Gasteiger partial charge is 0.336 e. The van der Waals surface area contributed by atoms with Gasteiger partial charge in [-0.05, 0) is 18.2 Å². The molecule has 0 aliphatic rings. The van der Waals surface area contributed by atoms with Crippen LogP contribution < -0.4 is 11.1 Å². The maximum Gasteiger partial charge on any atom is 0.336 e. The van der Waals surface area contributed by atoms with Gasteiger partial charge in [0.1, 0.15) is 5.58 Å². The highest BCUT2D eigenvalue weighted by atomic mass is 16.5. The Labute approximate surface area is 120 Å². The molecule has 2 N–H and O–H groups in total. The first-order chi connectivity index (χ1) is 10.3. The number of amidine groups is 1.